The summed E-state index contributed by atoms with van der Waals surface area (Å²) >= 11 is 1.75. The molecule has 1 aromatic heterocycles. The molecule has 0 amide bonds. The van der Waals surface area contributed by atoms with Gasteiger partial charge in [0, 0.05) is 25.0 Å². The Labute approximate surface area is 111 Å². The molecule has 5 nitrogen and oxygen atoms in total. The number of pyridine rings is 1. The van der Waals surface area contributed by atoms with Crippen LogP contribution >= 0.6 is 11.8 Å². The van der Waals surface area contributed by atoms with Crippen LogP contribution in [-0.4, -0.2) is 42.3 Å². The summed E-state index contributed by atoms with van der Waals surface area (Å²) in [5.74, 6) is 1.77. The molecular formula is C11H13N3O2S2. The van der Waals surface area contributed by atoms with Crippen LogP contribution in [0.15, 0.2) is 23.2 Å². The number of sulfonamides is 1. The van der Waals surface area contributed by atoms with Crippen LogP contribution in [0.1, 0.15) is 12.1 Å². The van der Waals surface area contributed by atoms with Crippen molar-refractivity contribution < 1.29 is 8.42 Å². The monoisotopic (exact) mass is 283 g/mol. The lowest BCUT2D eigenvalue weighted by atomic mass is 10.4. The van der Waals surface area contributed by atoms with Crippen molar-refractivity contribution in [1.29, 1.82) is 5.26 Å². The second-order valence-corrected chi connectivity index (χ2v) is 6.96. The fraction of sp³-hybridized carbons (Fsp3) is 0.455. The van der Waals surface area contributed by atoms with Crippen molar-refractivity contribution >= 4 is 21.8 Å². The van der Waals surface area contributed by atoms with E-state index in [9.17, 15) is 8.42 Å². The third-order valence-corrected chi connectivity index (χ3v) is 5.65. The molecule has 0 aliphatic carbocycles. The van der Waals surface area contributed by atoms with Gasteiger partial charge in [0.15, 0.2) is 5.69 Å². The smallest absolute Gasteiger partial charge is 0.244 e. The zero-order chi connectivity index (χ0) is 13.0. The third-order valence-electron chi connectivity index (χ3n) is 2.68. The molecule has 0 radical (unpaired) electrons. The molecule has 0 unspecified atom stereocenters. The lowest BCUT2D eigenvalue weighted by Crippen LogP contribution is -2.33. The normalized spacial score (nSPS) is 17.9. The van der Waals surface area contributed by atoms with Gasteiger partial charge in [-0.1, -0.05) is 0 Å². The Bertz CT molecular complexity index is 558. The Kier molecular flexibility index (Phi) is 4.22. The SMILES string of the molecule is N#Cc1ncccc1S(=O)(=O)N1CCCSCC1. The first kappa shape index (κ1) is 13.3. The minimum Gasteiger partial charge on any atom is -0.244 e. The molecule has 2 heterocycles. The van der Waals surface area contributed by atoms with Gasteiger partial charge < -0.3 is 0 Å². The molecular weight excluding hydrogens is 270 g/mol. The van der Waals surface area contributed by atoms with Crippen LogP contribution in [0.4, 0.5) is 0 Å². The van der Waals surface area contributed by atoms with Crippen molar-refractivity contribution in [2.45, 2.75) is 11.3 Å². The van der Waals surface area contributed by atoms with Gasteiger partial charge in [-0.3, -0.25) is 0 Å². The maximum Gasteiger partial charge on any atom is 0.245 e. The van der Waals surface area contributed by atoms with Gasteiger partial charge in [0.2, 0.25) is 10.0 Å². The van der Waals surface area contributed by atoms with Gasteiger partial charge in [0.25, 0.3) is 0 Å². The van der Waals surface area contributed by atoms with E-state index in [0.29, 0.717) is 13.1 Å². The summed E-state index contributed by atoms with van der Waals surface area (Å²) in [7, 11) is -3.59. The molecule has 1 fully saturated rings. The van der Waals surface area contributed by atoms with Crippen molar-refractivity contribution in [2.75, 3.05) is 24.6 Å². The Morgan fingerprint density at radius 1 is 1.39 bits per heavy atom. The number of nitrogens with zero attached hydrogens (tertiary/aromatic N) is 3. The molecule has 18 heavy (non-hydrogen) atoms. The van der Waals surface area contributed by atoms with E-state index in [1.165, 1.54) is 16.6 Å². The number of nitriles is 1. The average Bonchev–Trinajstić information content (AvgIpc) is 2.68. The molecule has 2 rings (SSSR count). The molecule has 0 spiro atoms. The van der Waals surface area contributed by atoms with Crippen molar-refractivity contribution in [3.63, 3.8) is 0 Å². The van der Waals surface area contributed by atoms with E-state index in [4.69, 9.17) is 5.26 Å². The van der Waals surface area contributed by atoms with Gasteiger partial charge in [-0.2, -0.15) is 21.3 Å². The number of hydrogen-bond donors (Lipinski definition) is 0. The highest BCUT2D eigenvalue weighted by Crippen LogP contribution is 2.21. The van der Waals surface area contributed by atoms with E-state index >= 15 is 0 Å². The van der Waals surface area contributed by atoms with Crippen LogP contribution in [0.2, 0.25) is 0 Å². The summed E-state index contributed by atoms with van der Waals surface area (Å²) in [6.45, 7) is 1.00. The molecule has 1 aliphatic heterocycles. The van der Waals surface area contributed by atoms with Gasteiger partial charge in [-0.05, 0) is 24.3 Å². The number of thioether (sulfide) groups is 1. The average molecular weight is 283 g/mol. The summed E-state index contributed by atoms with van der Waals surface area (Å²) in [6.07, 6.45) is 2.27. The van der Waals surface area contributed by atoms with E-state index < -0.39 is 10.0 Å². The van der Waals surface area contributed by atoms with E-state index in [1.54, 1.807) is 17.8 Å². The van der Waals surface area contributed by atoms with Gasteiger partial charge in [-0.25, -0.2) is 13.4 Å². The van der Waals surface area contributed by atoms with E-state index in [2.05, 4.69) is 4.98 Å². The fourth-order valence-corrected chi connectivity index (χ4v) is 4.36. The Morgan fingerprint density at radius 2 is 2.22 bits per heavy atom. The van der Waals surface area contributed by atoms with Crippen molar-refractivity contribution in [3.05, 3.63) is 24.0 Å². The minimum atomic E-state index is -3.59. The lowest BCUT2D eigenvalue weighted by Gasteiger charge is -2.19. The number of hydrogen-bond acceptors (Lipinski definition) is 5. The molecule has 0 saturated carbocycles. The van der Waals surface area contributed by atoms with Crippen molar-refractivity contribution in [2.24, 2.45) is 0 Å². The summed E-state index contributed by atoms with van der Waals surface area (Å²) in [5, 5.41) is 8.94. The molecule has 0 aromatic carbocycles. The first-order valence-electron chi connectivity index (χ1n) is 5.59. The molecule has 0 atom stereocenters. The zero-order valence-electron chi connectivity index (χ0n) is 9.74. The maximum absolute atomic E-state index is 12.4. The summed E-state index contributed by atoms with van der Waals surface area (Å²) in [4.78, 5) is 3.82. The molecule has 96 valence electrons. The van der Waals surface area contributed by atoms with Gasteiger partial charge >= 0.3 is 0 Å². The largest absolute Gasteiger partial charge is 0.245 e. The lowest BCUT2D eigenvalue weighted by molar-refractivity contribution is 0.434. The van der Waals surface area contributed by atoms with Gasteiger partial charge in [-0.15, -0.1) is 0 Å². The first-order valence-corrected chi connectivity index (χ1v) is 8.19. The standard InChI is InChI=1S/C11H13N3O2S2/c12-9-10-11(3-1-4-13-10)18(15,16)14-5-2-7-17-8-6-14/h1,3-4H,2,5-8H2. The van der Waals surface area contributed by atoms with Crippen LogP contribution in [0.5, 0.6) is 0 Å². The highest BCUT2D eigenvalue weighted by atomic mass is 32.2. The third kappa shape index (κ3) is 2.66. The van der Waals surface area contributed by atoms with Crippen LogP contribution < -0.4 is 0 Å². The maximum atomic E-state index is 12.4. The predicted octanol–water partition coefficient (Wildman–Crippen LogP) is 1.08. The Hall–Kier alpha value is -1.10. The molecule has 0 bridgehead atoms. The molecule has 7 heteroatoms. The van der Waals surface area contributed by atoms with E-state index in [-0.39, 0.29) is 10.6 Å². The van der Waals surface area contributed by atoms with Gasteiger partial charge in [0.1, 0.15) is 11.0 Å². The Balaban J connectivity index is 2.38. The second-order valence-electron chi connectivity index (χ2n) is 3.83. The molecule has 0 N–H and O–H groups in total. The summed E-state index contributed by atoms with van der Waals surface area (Å²) in [5.41, 5.74) is -0.0330. The first-order chi connectivity index (χ1) is 8.66. The summed E-state index contributed by atoms with van der Waals surface area (Å²) < 4.78 is 26.3. The zero-order valence-corrected chi connectivity index (χ0v) is 11.4. The van der Waals surface area contributed by atoms with Crippen LogP contribution in [0.25, 0.3) is 0 Å². The van der Waals surface area contributed by atoms with Crippen LogP contribution in [-0.2, 0) is 10.0 Å². The predicted molar refractivity (Wildman–Crippen MR) is 69.7 cm³/mol. The van der Waals surface area contributed by atoms with Crippen LogP contribution in [0.3, 0.4) is 0 Å². The van der Waals surface area contributed by atoms with E-state index in [0.717, 1.165) is 17.9 Å². The summed E-state index contributed by atoms with van der Waals surface area (Å²) in [6, 6.07) is 4.82. The minimum absolute atomic E-state index is 0.0133. The highest BCUT2D eigenvalue weighted by molar-refractivity contribution is 7.99. The topological polar surface area (TPSA) is 74.1 Å². The van der Waals surface area contributed by atoms with Crippen molar-refractivity contribution in [3.8, 4) is 6.07 Å². The number of rotatable bonds is 2. The fourth-order valence-electron chi connectivity index (χ4n) is 1.79. The van der Waals surface area contributed by atoms with Crippen LogP contribution in [0, 0.1) is 11.3 Å². The molecule has 1 aromatic rings. The van der Waals surface area contributed by atoms with Crippen molar-refractivity contribution in [1.82, 2.24) is 9.29 Å². The Morgan fingerprint density at radius 3 is 3.00 bits per heavy atom. The quantitative estimate of drug-likeness (QED) is 0.812. The molecule has 1 aliphatic rings. The molecule has 1 saturated heterocycles. The highest BCUT2D eigenvalue weighted by Gasteiger charge is 2.27. The number of aromatic nitrogens is 1. The van der Waals surface area contributed by atoms with Gasteiger partial charge in [0.05, 0.1) is 0 Å². The second kappa shape index (κ2) is 5.69. The van der Waals surface area contributed by atoms with E-state index in [1.807, 2.05) is 6.07 Å².